The molecule has 2 aromatic rings. The van der Waals surface area contributed by atoms with E-state index in [2.05, 4.69) is 11.2 Å². The van der Waals surface area contributed by atoms with Gasteiger partial charge in [0, 0.05) is 5.69 Å². The van der Waals surface area contributed by atoms with E-state index in [-0.39, 0.29) is 5.97 Å². The van der Waals surface area contributed by atoms with Gasteiger partial charge in [0.1, 0.15) is 0 Å². The molecule has 1 aliphatic heterocycles. The summed E-state index contributed by atoms with van der Waals surface area (Å²) in [4.78, 5) is 11.7. The molecular weight excluding hydrogens is 228 g/mol. The van der Waals surface area contributed by atoms with Crippen LogP contribution in [0.1, 0.15) is 28.7 Å². The summed E-state index contributed by atoms with van der Waals surface area (Å²) in [6.45, 7) is 2.17. The quantitative estimate of drug-likeness (QED) is 0.758. The molecule has 1 aromatic heterocycles. The van der Waals surface area contributed by atoms with E-state index in [0.29, 0.717) is 12.3 Å². The Hall–Kier alpha value is -2.10. The van der Waals surface area contributed by atoms with E-state index in [0.717, 1.165) is 24.2 Å². The molecule has 0 atom stereocenters. The maximum Gasteiger partial charge on any atom is 0.358 e. The van der Waals surface area contributed by atoms with Crippen LogP contribution >= 0.6 is 0 Å². The van der Waals surface area contributed by atoms with Crippen LogP contribution in [0, 0.1) is 0 Å². The van der Waals surface area contributed by atoms with Crippen molar-refractivity contribution in [2.45, 2.75) is 19.8 Å². The van der Waals surface area contributed by atoms with Crippen molar-refractivity contribution in [2.75, 3.05) is 6.61 Å². The third kappa shape index (κ3) is 1.70. The van der Waals surface area contributed by atoms with Gasteiger partial charge in [0.05, 0.1) is 12.3 Å². The van der Waals surface area contributed by atoms with Crippen LogP contribution in [0.25, 0.3) is 5.69 Å². The Morgan fingerprint density at radius 1 is 1.39 bits per heavy atom. The predicted molar refractivity (Wildman–Crippen MR) is 66.9 cm³/mol. The summed E-state index contributed by atoms with van der Waals surface area (Å²) < 4.78 is 6.83. The Morgan fingerprint density at radius 3 is 3.06 bits per heavy atom. The second-order valence-electron chi connectivity index (χ2n) is 4.28. The Labute approximate surface area is 105 Å². The first-order valence-corrected chi connectivity index (χ1v) is 6.14. The Morgan fingerprint density at radius 2 is 2.22 bits per heavy atom. The predicted octanol–water partition coefficient (Wildman–Crippen LogP) is 2.15. The van der Waals surface area contributed by atoms with Crippen molar-refractivity contribution >= 4 is 5.97 Å². The second-order valence-corrected chi connectivity index (χ2v) is 4.28. The van der Waals surface area contributed by atoms with E-state index >= 15 is 0 Å². The molecule has 0 saturated carbocycles. The van der Waals surface area contributed by atoms with Gasteiger partial charge in [-0.15, -0.1) is 0 Å². The van der Waals surface area contributed by atoms with Gasteiger partial charge in [0.2, 0.25) is 0 Å². The lowest BCUT2D eigenvalue weighted by Gasteiger charge is -2.17. The van der Waals surface area contributed by atoms with Crippen LogP contribution in [0.5, 0.6) is 0 Å². The second kappa shape index (κ2) is 4.29. The molecule has 2 heterocycles. The van der Waals surface area contributed by atoms with E-state index in [4.69, 9.17) is 4.74 Å². The lowest BCUT2D eigenvalue weighted by Crippen LogP contribution is -2.12. The van der Waals surface area contributed by atoms with E-state index in [1.807, 2.05) is 28.9 Å². The average molecular weight is 242 g/mol. The number of aryl methyl sites for hydroxylation is 2. The third-order valence-electron chi connectivity index (χ3n) is 3.14. The van der Waals surface area contributed by atoms with Crippen molar-refractivity contribution in [2.24, 2.45) is 0 Å². The van der Waals surface area contributed by atoms with Crippen molar-refractivity contribution in [3.05, 3.63) is 47.3 Å². The van der Waals surface area contributed by atoms with Gasteiger partial charge in [-0.05, 0) is 37.5 Å². The number of rotatable bonds is 2. The molecule has 3 rings (SSSR count). The van der Waals surface area contributed by atoms with Crippen molar-refractivity contribution in [1.82, 2.24) is 9.78 Å². The topological polar surface area (TPSA) is 44.1 Å². The molecule has 4 nitrogen and oxygen atoms in total. The summed E-state index contributed by atoms with van der Waals surface area (Å²) in [5.74, 6) is -0.350. The van der Waals surface area contributed by atoms with Crippen molar-refractivity contribution in [3.8, 4) is 5.69 Å². The zero-order valence-corrected chi connectivity index (χ0v) is 10.2. The fourth-order valence-electron chi connectivity index (χ4n) is 2.30. The molecule has 0 N–H and O–H groups in total. The molecule has 92 valence electrons. The molecule has 0 amide bonds. The molecule has 0 bridgehead atoms. The van der Waals surface area contributed by atoms with Crippen LogP contribution in [-0.4, -0.2) is 22.4 Å². The summed E-state index contributed by atoms with van der Waals surface area (Å²) in [6, 6.07) is 9.97. The molecule has 1 aliphatic rings. The van der Waals surface area contributed by atoms with Gasteiger partial charge in [-0.3, -0.25) is 0 Å². The largest absolute Gasteiger partial charge is 0.461 e. The van der Waals surface area contributed by atoms with Gasteiger partial charge in [0.25, 0.3) is 0 Å². The summed E-state index contributed by atoms with van der Waals surface area (Å²) in [7, 11) is 0. The van der Waals surface area contributed by atoms with Crippen molar-refractivity contribution < 1.29 is 9.53 Å². The zero-order valence-electron chi connectivity index (χ0n) is 10.2. The fraction of sp³-hybridized carbons (Fsp3) is 0.286. The summed E-state index contributed by atoms with van der Waals surface area (Å²) in [5.41, 5.74) is 3.79. The number of nitrogens with zero attached hydrogens (tertiary/aromatic N) is 2. The van der Waals surface area contributed by atoms with Gasteiger partial charge in [-0.1, -0.05) is 18.2 Å². The third-order valence-corrected chi connectivity index (χ3v) is 3.14. The molecule has 1 aromatic carbocycles. The molecular formula is C14H14N2O2. The minimum Gasteiger partial charge on any atom is -0.461 e. The van der Waals surface area contributed by atoms with Gasteiger partial charge < -0.3 is 4.74 Å². The van der Waals surface area contributed by atoms with Crippen LogP contribution in [0.3, 0.4) is 0 Å². The first-order valence-electron chi connectivity index (χ1n) is 6.14. The number of benzene rings is 1. The lowest BCUT2D eigenvalue weighted by atomic mass is 10.0. The first kappa shape index (κ1) is 11.0. The molecule has 18 heavy (non-hydrogen) atoms. The van der Waals surface area contributed by atoms with Crippen LogP contribution in [-0.2, 0) is 17.6 Å². The molecule has 0 saturated heterocycles. The van der Waals surface area contributed by atoms with Crippen LogP contribution in [0.4, 0.5) is 0 Å². The van der Waals surface area contributed by atoms with Crippen LogP contribution in [0.15, 0.2) is 30.3 Å². The SMILES string of the molecule is CCOC(=O)c1cc2n(n1)-c1ccccc1CC2. The zero-order chi connectivity index (χ0) is 12.5. The van der Waals surface area contributed by atoms with E-state index in [9.17, 15) is 4.79 Å². The number of para-hydroxylation sites is 1. The highest BCUT2D eigenvalue weighted by atomic mass is 16.5. The van der Waals surface area contributed by atoms with E-state index in [1.165, 1.54) is 5.56 Å². The van der Waals surface area contributed by atoms with Crippen molar-refractivity contribution in [1.29, 1.82) is 0 Å². The average Bonchev–Trinajstić information content (AvgIpc) is 2.83. The number of hydrogen-bond acceptors (Lipinski definition) is 3. The smallest absolute Gasteiger partial charge is 0.358 e. The molecule has 0 aliphatic carbocycles. The Balaban J connectivity index is 2.04. The molecule has 0 radical (unpaired) electrons. The van der Waals surface area contributed by atoms with Crippen molar-refractivity contribution in [3.63, 3.8) is 0 Å². The highest BCUT2D eigenvalue weighted by molar-refractivity contribution is 5.87. The lowest BCUT2D eigenvalue weighted by molar-refractivity contribution is 0.0519. The maximum absolute atomic E-state index is 11.7. The Bertz CT molecular complexity index is 602. The summed E-state index contributed by atoms with van der Waals surface area (Å²) in [6.07, 6.45) is 1.90. The summed E-state index contributed by atoms with van der Waals surface area (Å²) >= 11 is 0. The minimum atomic E-state index is -0.350. The minimum absolute atomic E-state index is 0.350. The molecule has 0 unspecified atom stereocenters. The number of fused-ring (bicyclic) bond motifs is 3. The van der Waals surface area contributed by atoms with Gasteiger partial charge in [-0.25, -0.2) is 9.48 Å². The standard InChI is InChI=1S/C14H14N2O2/c1-2-18-14(17)12-9-11-8-7-10-5-3-4-6-13(10)16(11)15-12/h3-6,9H,2,7-8H2,1H3. The first-order chi connectivity index (χ1) is 8.79. The monoisotopic (exact) mass is 242 g/mol. The normalized spacial score (nSPS) is 12.7. The van der Waals surface area contributed by atoms with Crippen LogP contribution in [0.2, 0.25) is 0 Å². The number of aromatic nitrogens is 2. The number of hydrogen-bond donors (Lipinski definition) is 0. The maximum atomic E-state index is 11.7. The molecule has 4 heteroatoms. The molecule has 0 fully saturated rings. The molecule has 0 spiro atoms. The highest BCUT2D eigenvalue weighted by Crippen LogP contribution is 2.24. The van der Waals surface area contributed by atoms with Gasteiger partial charge >= 0.3 is 5.97 Å². The number of ether oxygens (including phenoxy) is 1. The van der Waals surface area contributed by atoms with E-state index in [1.54, 1.807) is 6.92 Å². The number of carbonyl (C=O) groups is 1. The summed E-state index contributed by atoms with van der Waals surface area (Å²) in [5, 5.41) is 4.35. The fourth-order valence-corrected chi connectivity index (χ4v) is 2.30. The van der Waals surface area contributed by atoms with Gasteiger partial charge in [0.15, 0.2) is 5.69 Å². The number of esters is 1. The highest BCUT2D eigenvalue weighted by Gasteiger charge is 2.20. The Kier molecular flexibility index (Phi) is 2.63. The van der Waals surface area contributed by atoms with E-state index < -0.39 is 0 Å². The number of carbonyl (C=O) groups excluding carboxylic acids is 1. The van der Waals surface area contributed by atoms with Gasteiger partial charge in [-0.2, -0.15) is 5.10 Å². The van der Waals surface area contributed by atoms with Crippen LogP contribution < -0.4 is 0 Å².